The second-order valence-electron chi connectivity index (χ2n) is 4.46. The number of pyridine rings is 1. The molecule has 0 fully saturated rings. The molecule has 0 amide bonds. The molecule has 0 aliphatic carbocycles. The average Bonchev–Trinajstić information content (AvgIpc) is 2.89. The molecular weight excluding hydrogens is 332 g/mol. The number of hydrogen-bond donors (Lipinski definition) is 0. The highest BCUT2D eigenvalue weighted by Crippen LogP contribution is 2.28. The molecular formula is C16H13BrN2O2. The standard InChI is InChI=1S/C16H13BrN2O2/c1-2-21-16(20)14-12-9-6-10-13(17)19(12)18-15(14)11-7-4-3-5-8-11/h3-10H,2H2,1H3. The van der Waals surface area contributed by atoms with Crippen LogP contribution in [-0.4, -0.2) is 22.2 Å². The van der Waals surface area contributed by atoms with E-state index in [1.54, 1.807) is 11.4 Å². The van der Waals surface area contributed by atoms with E-state index in [4.69, 9.17) is 4.74 Å². The lowest BCUT2D eigenvalue weighted by Crippen LogP contribution is -2.05. The fraction of sp³-hybridized carbons (Fsp3) is 0.125. The summed E-state index contributed by atoms with van der Waals surface area (Å²) in [7, 11) is 0. The fourth-order valence-electron chi connectivity index (χ4n) is 2.24. The Morgan fingerprint density at radius 3 is 2.67 bits per heavy atom. The number of halogens is 1. The summed E-state index contributed by atoms with van der Waals surface area (Å²) in [5.41, 5.74) is 2.73. The minimum atomic E-state index is -0.357. The zero-order chi connectivity index (χ0) is 14.8. The highest BCUT2D eigenvalue weighted by atomic mass is 79.9. The Morgan fingerprint density at radius 1 is 1.19 bits per heavy atom. The van der Waals surface area contributed by atoms with Crippen molar-refractivity contribution in [3.05, 3.63) is 58.7 Å². The molecule has 3 rings (SSSR count). The van der Waals surface area contributed by atoms with Crippen molar-refractivity contribution in [2.75, 3.05) is 6.61 Å². The zero-order valence-corrected chi connectivity index (χ0v) is 13.0. The third-order valence-electron chi connectivity index (χ3n) is 3.14. The summed E-state index contributed by atoms with van der Waals surface area (Å²) in [6.45, 7) is 2.13. The maximum Gasteiger partial charge on any atom is 0.342 e. The van der Waals surface area contributed by atoms with Crippen molar-refractivity contribution in [1.82, 2.24) is 9.61 Å². The van der Waals surface area contributed by atoms with Crippen LogP contribution in [0.15, 0.2) is 53.1 Å². The highest BCUT2D eigenvalue weighted by Gasteiger charge is 2.22. The van der Waals surface area contributed by atoms with Crippen molar-refractivity contribution >= 4 is 27.4 Å². The van der Waals surface area contributed by atoms with E-state index in [9.17, 15) is 4.79 Å². The number of carbonyl (C=O) groups excluding carboxylic acids is 1. The smallest absolute Gasteiger partial charge is 0.342 e. The number of carbonyl (C=O) groups is 1. The average molecular weight is 345 g/mol. The monoisotopic (exact) mass is 344 g/mol. The Bertz CT molecular complexity index is 797. The summed E-state index contributed by atoms with van der Waals surface area (Å²) in [6.07, 6.45) is 0. The van der Waals surface area contributed by atoms with Gasteiger partial charge in [-0.15, -0.1) is 0 Å². The Labute approximate surface area is 130 Å². The van der Waals surface area contributed by atoms with Crippen molar-refractivity contribution in [3.63, 3.8) is 0 Å². The van der Waals surface area contributed by atoms with Gasteiger partial charge in [-0.05, 0) is 35.0 Å². The van der Waals surface area contributed by atoms with Gasteiger partial charge in [0.1, 0.15) is 15.9 Å². The van der Waals surface area contributed by atoms with Crippen LogP contribution in [0, 0.1) is 0 Å². The Hall–Kier alpha value is -2.14. The number of hydrogen-bond acceptors (Lipinski definition) is 3. The van der Waals surface area contributed by atoms with Gasteiger partial charge < -0.3 is 4.74 Å². The molecule has 1 aromatic carbocycles. The van der Waals surface area contributed by atoms with Crippen LogP contribution in [-0.2, 0) is 4.74 Å². The van der Waals surface area contributed by atoms with Crippen LogP contribution in [0.3, 0.4) is 0 Å². The van der Waals surface area contributed by atoms with Crippen molar-refractivity contribution in [1.29, 1.82) is 0 Å². The summed E-state index contributed by atoms with van der Waals surface area (Å²) in [6, 6.07) is 15.2. The lowest BCUT2D eigenvalue weighted by Gasteiger charge is -2.03. The second-order valence-corrected chi connectivity index (χ2v) is 5.27. The van der Waals surface area contributed by atoms with E-state index in [1.807, 2.05) is 48.5 Å². The summed E-state index contributed by atoms with van der Waals surface area (Å²) in [4.78, 5) is 12.3. The number of ether oxygens (including phenoxy) is 1. The molecule has 0 bridgehead atoms. The number of fused-ring (bicyclic) bond motifs is 1. The van der Waals surface area contributed by atoms with Gasteiger partial charge in [0, 0.05) is 5.56 Å². The summed E-state index contributed by atoms with van der Waals surface area (Å²) in [5, 5.41) is 4.55. The van der Waals surface area contributed by atoms with Crippen molar-refractivity contribution in [2.45, 2.75) is 6.92 Å². The molecule has 0 spiro atoms. The minimum Gasteiger partial charge on any atom is -0.462 e. The van der Waals surface area contributed by atoms with Gasteiger partial charge in [0.2, 0.25) is 0 Å². The van der Waals surface area contributed by atoms with E-state index in [-0.39, 0.29) is 5.97 Å². The van der Waals surface area contributed by atoms with Gasteiger partial charge in [0.15, 0.2) is 0 Å². The topological polar surface area (TPSA) is 43.6 Å². The zero-order valence-electron chi connectivity index (χ0n) is 11.4. The van der Waals surface area contributed by atoms with E-state index < -0.39 is 0 Å². The van der Waals surface area contributed by atoms with Crippen LogP contribution in [0.1, 0.15) is 17.3 Å². The van der Waals surface area contributed by atoms with Crippen molar-refractivity contribution < 1.29 is 9.53 Å². The Morgan fingerprint density at radius 2 is 1.95 bits per heavy atom. The largest absolute Gasteiger partial charge is 0.462 e. The molecule has 0 aliphatic heterocycles. The number of esters is 1. The number of nitrogens with zero attached hydrogens (tertiary/aromatic N) is 2. The molecule has 0 saturated carbocycles. The Kier molecular flexibility index (Phi) is 3.75. The molecule has 0 saturated heterocycles. The third-order valence-corrected chi connectivity index (χ3v) is 3.74. The SMILES string of the molecule is CCOC(=O)c1c(-c2ccccc2)nn2c(Br)cccc12. The first-order valence-corrected chi connectivity index (χ1v) is 7.41. The quantitative estimate of drug-likeness (QED) is 0.533. The lowest BCUT2D eigenvalue weighted by atomic mass is 10.1. The number of aromatic nitrogens is 2. The van der Waals surface area contributed by atoms with Crippen LogP contribution < -0.4 is 0 Å². The van der Waals surface area contributed by atoms with Crippen LogP contribution in [0.4, 0.5) is 0 Å². The summed E-state index contributed by atoms with van der Waals surface area (Å²) >= 11 is 3.45. The van der Waals surface area contributed by atoms with E-state index >= 15 is 0 Å². The van der Waals surface area contributed by atoms with Crippen LogP contribution in [0.2, 0.25) is 0 Å². The predicted octanol–water partition coefficient (Wildman–Crippen LogP) is 3.94. The van der Waals surface area contributed by atoms with Crippen molar-refractivity contribution in [2.24, 2.45) is 0 Å². The first-order valence-electron chi connectivity index (χ1n) is 6.62. The minimum absolute atomic E-state index is 0.332. The lowest BCUT2D eigenvalue weighted by molar-refractivity contribution is 0.0529. The summed E-state index contributed by atoms with van der Waals surface area (Å²) < 4.78 is 7.68. The van der Waals surface area contributed by atoms with Gasteiger partial charge in [-0.2, -0.15) is 5.10 Å². The van der Waals surface area contributed by atoms with E-state index in [2.05, 4.69) is 21.0 Å². The molecule has 106 valence electrons. The van der Waals surface area contributed by atoms with E-state index in [1.165, 1.54) is 0 Å². The molecule has 21 heavy (non-hydrogen) atoms. The van der Waals surface area contributed by atoms with Crippen LogP contribution >= 0.6 is 15.9 Å². The normalized spacial score (nSPS) is 10.8. The molecule has 0 unspecified atom stereocenters. The molecule has 5 heteroatoms. The number of benzene rings is 1. The molecule has 2 heterocycles. The molecule has 2 aromatic heterocycles. The molecule has 0 N–H and O–H groups in total. The van der Waals surface area contributed by atoms with Gasteiger partial charge in [0.05, 0.1) is 12.1 Å². The molecule has 3 aromatic rings. The Balaban J connectivity index is 2.30. The van der Waals surface area contributed by atoms with Gasteiger partial charge in [-0.1, -0.05) is 36.4 Å². The molecule has 0 atom stereocenters. The molecule has 0 aliphatic rings. The van der Waals surface area contributed by atoms with Gasteiger partial charge in [0.25, 0.3) is 0 Å². The second kappa shape index (κ2) is 5.69. The fourth-order valence-corrected chi connectivity index (χ4v) is 2.66. The van der Waals surface area contributed by atoms with E-state index in [0.717, 1.165) is 15.7 Å². The summed E-state index contributed by atoms with van der Waals surface area (Å²) in [5.74, 6) is -0.357. The molecule has 4 nitrogen and oxygen atoms in total. The van der Waals surface area contributed by atoms with Gasteiger partial charge in [-0.25, -0.2) is 9.31 Å². The highest BCUT2D eigenvalue weighted by molar-refractivity contribution is 9.10. The first-order chi connectivity index (χ1) is 10.2. The van der Waals surface area contributed by atoms with E-state index in [0.29, 0.717) is 17.9 Å². The number of rotatable bonds is 3. The van der Waals surface area contributed by atoms with Gasteiger partial charge in [-0.3, -0.25) is 0 Å². The first kappa shape index (κ1) is 13.8. The van der Waals surface area contributed by atoms with Crippen LogP contribution in [0.25, 0.3) is 16.8 Å². The predicted molar refractivity (Wildman–Crippen MR) is 84.3 cm³/mol. The van der Waals surface area contributed by atoms with Crippen molar-refractivity contribution in [3.8, 4) is 11.3 Å². The maximum absolute atomic E-state index is 12.3. The molecule has 0 radical (unpaired) electrons. The van der Waals surface area contributed by atoms with Crippen LogP contribution in [0.5, 0.6) is 0 Å². The third kappa shape index (κ3) is 2.45. The maximum atomic E-state index is 12.3. The van der Waals surface area contributed by atoms with Gasteiger partial charge >= 0.3 is 5.97 Å².